The van der Waals surface area contributed by atoms with Gasteiger partial charge in [-0.05, 0) is 20.3 Å². The normalized spacial score (nSPS) is 12.3. The van der Waals surface area contributed by atoms with Gasteiger partial charge in [-0.3, -0.25) is 9.59 Å². The molecule has 0 atom stereocenters. The molecule has 0 aromatic heterocycles. The molecule has 0 aromatic rings. The molecule has 106 valence electrons. The van der Waals surface area contributed by atoms with E-state index in [1.165, 1.54) is 13.8 Å². The van der Waals surface area contributed by atoms with Crippen molar-refractivity contribution in [3.05, 3.63) is 0 Å². The SMILES string of the molecule is CC(C)(CCNC(=O)CNCC(F)(F)F)C(=O)O. The van der Waals surface area contributed by atoms with E-state index in [1.54, 1.807) is 0 Å². The molecule has 0 aliphatic heterocycles. The Bertz CT molecular complexity index is 303. The predicted molar refractivity (Wildman–Crippen MR) is 58.0 cm³/mol. The first-order chi connectivity index (χ1) is 8.04. The maximum absolute atomic E-state index is 11.7. The molecule has 0 aromatic carbocycles. The van der Waals surface area contributed by atoms with Crippen molar-refractivity contribution in [2.45, 2.75) is 26.4 Å². The van der Waals surface area contributed by atoms with Gasteiger partial charge < -0.3 is 15.7 Å². The van der Waals surface area contributed by atoms with E-state index in [-0.39, 0.29) is 13.0 Å². The average Bonchev–Trinajstić information content (AvgIpc) is 2.14. The molecule has 0 bridgehead atoms. The van der Waals surface area contributed by atoms with Crippen molar-refractivity contribution in [3.8, 4) is 0 Å². The minimum absolute atomic E-state index is 0.103. The minimum atomic E-state index is -4.36. The first-order valence-corrected chi connectivity index (χ1v) is 5.32. The molecule has 0 unspecified atom stereocenters. The van der Waals surface area contributed by atoms with Gasteiger partial charge in [-0.15, -0.1) is 0 Å². The molecule has 1 amide bonds. The van der Waals surface area contributed by atoms with Gasteiger partial charge in [0.1, 0.15) is 0 Å². The van der Waals surface area contributed by atoms with Crippen molar-refractivity contribution in [1.29, 1.82) is 0 Å². The number of amides is 1. The number of nitrogens with one attached hydrogen (secondary N) is 2. The van der Waals surface area contributed by atoms with Crippen LogP contribution in [0.5, 0.6) is 0 Å². The fourth-order valence-electron chi connectivity index (χ4n) is 1.00. The van der Waals surface area contributed by atoms with Gasteiger partial charge in [0.25, 0.3) is 0 Å². The van der Waals surface area contributed by atoms with Gasteiger partial charge in [0.15, 0.2) is 0 Å². The van der Waals surface area contributed by atoms with Crippen molar-refractivity contribution >= 4 is 11.9 Å². The van der Waals surface area contributed by atoms with Crippen molar-refractivity contribution in [2.24, 2.45) is 5.41 Å². The van der Waals surface area contributed by atoms with Gasteiger partial charge in [-0.25, -0.2) is 0 Å². The van der Waals surface area contributed by atoms with Crippen LogP contribution in [-0.4, -0.2) is 42.8 Å². The fourth-order valence-corrected chi connectivity index (χ4v) is 1.00. The maximum atomic E-state index is 11.7. The van der Waals surface area contributed by atoms with E-state index in [0.717, 1.165) is 0 Å². The highest BCUT2D eigenvalue weighted by molar-refractivity contribution is 5.78. The van der Waals surface area contributed by atoms with Crippen LogP contribution in [0.25, 0.3) is 0 Å². The van der Waals surface area contributed by atoms with Gasteiger partial charge in [0, 0.05) is 6.54 Å². The lowest BCUT2D eigenvalue weighted by molar-refractivity contribution is -0.147. The Morgan fingerprint density at radius 3 is 2.22 bits per heavy atom. The van der Waals surface area contributed by atoms with E-state index >= 15 is 0 Å². The highest BCUT2D eigenvalue weighted by Crippen LogP contribution is 2.19. The summed E-state index contributed by atoms with van der Waals surface area (Å²) < 4.78 is 35.2. The number of carboxylic acids is 1. The Balaban J connectivity index is 3.76. The first-order valence-electron chi connectivity index (χ1n) is 5.32. The summed E-state index contributed by atoms with van der Waals surface area (Å²) >= 11 is 0. The van der Waals surface area contributed by atoms with E-state index in [9.17, 15) is 22.8 Å². The van der Waals surface area contributed by atoms with Crippen LogP contribution in [-0.2, 0) is 9.59 Å². The number of alkyl halides is 3. The smallest absolute Gasteiger partial charge is 0.401 e. The molecule has 0 radical (unpaired) electrons. The molecule has 18 heavy (non-hydrogen) atoms. The van der Waals surface area contributed by atoms with Crippen LogP contribution in [0.3, 0.4) is 0 Å². The van der Waals surface area contributed by atoms with Crippen LogP contribution in [0.2, 0.25) is 0 Å². The third kappa shape index (κ3) is 7.88. The van der Waals surface area contributed by atoms with Crippen LogP contribution in [0.1, 0.15) is 20.3 Å². The van der Waals surface area contributed by atoms with Crippen molar-refractivity contribution in [3.63, 3.8) is 0 Å². The molecule has 0 saturated carbocycles. The molecule has 0 aliphatic rings. The summed E-state index contributed by atoms with van der Waals surface area (Å²) in [6, 6.07) is 0. The highest BCUT2D eigenvalue weighted by Gasteiger charge is 2.27. The Hall–Kier alpha value is -1.31. The summed E-state index contributed by atoms with van der Waals surface area (Å²) in [4.78, 5) is 21.8. The molecular weight excluding hydrogens is 253 g/mol. The number of carbonyl (C=O) groups is 2. The summed E-state index contributed by atoms with van der Waals surface area (Å²) in [6.45, 7) is 1.42. The van der Waals surface area contributed by atoms with Gasteiger partial charge >= 0.3 is 12.1 Å². The van der Waals surface area contributed by atoms with E-state index in [4.69, 9.17) is 5.11 Å². The Morgan fingerprint density at radius 2 is 1.78 bits per heavy atom. The van der Waals surface area contributed by atoms with E-state index in [1.807, 2.05) is 5.32 Å². The number of hydrogen-bond acceptors (Lipinski definition) is 3. The second-order valence-corrected chi connectivity index (χ2v) is 4.51. The molecule has 0 heterocycles. The molecule has 8 heteroatoms. The molecule has 0 spiro atoms. The fraction of sp³-hybridized carbons (Fsp3) is 0.800. The van der Waals surface area contributed by atoms with Crippen LogP contribution in [0.4, 0.5) is 13.2 Å². The molecule has 5 nitrogen and oxygen atoms in total. The zero-order valence-corrected chi connectivity index (χ0v) is 10.2. The highest BCUT2D eigenvalue weighted by atomic mass is 19.4. The maximum Gasteiger partial charge on any atom is 0.401 e. The molecule has 3 N–H and O–H groups in total. The van der Waals surface area contributed by atoms with Crippen molar-refractivity contribution in [1.82, 2.24) is 10.6 Å². The zero-order valence-electron chi connectivity index (χ0n) is 10.2. The van der Waals surface area contributed by atoms with Gasteiger partial charge in [-0.1, -0.05) is 0 Å². The summed E-state index contributed by atoms with van der Waals surface area (Å²) in [5.41, 5.74) is -0.979. The Kier molecular flexibility index (Phi) is 6.10. The monoisotopic (exact) mass is 270 g/mol. The summed E-state index contributed by atoms with van der Waals surface area (Å²) in [5, 5.41) is 13.1. The number of carboxylic acid groups (broad SMARTS) is 1. The quantitative estimate of drug-likeness (QED) is 0.638. The van der Waals surface area contributed by atoms with Gasteiger partial charge in [0.05, 0.1) is 18.5 Å². The summed E-state index contributed by atoms with van der Waals surface area (Å²) in [5.74, 6) is -1.59. The third-order valence-electron chi connectivity index (χ3n) is 2.26. The Morgan fingerprint density at radius 1 is 1.22 bits per heavy atom. The second kappa shape index (κ2) is 6.58. The number of rotatable bonds is 7. The van der Waals surface area contributed by atoms with Crippen LogP contribution in [0, 0.1) is 5.41 Å². The molecular formula is C10H17F3N2O3. The molecule has 0 rings (SSSR count). The predicted octanol–water partition coefficient (Wildman–Crippen LogP) is 0.755. The Labute approximate surface area is 103 Å². The standard InChI is InChI=1S/C10H17F3N2O3/c1-9(2,8(17)18)3-4-15-7(16)5-14-6-10(11,12)13/h14H,3-6H2,1-2H3,(H,15,16)(H,17,18). The number of hydrogen-bond donors (Lipinski definition) is 3. The molecule has 0 fully saturated rings. The van der Waals surface area contributed by atoms with Crippen molar-refractivity contribution < 1.29 is 27.9 Å². The molecule has 0 aliphatic carbocycles. The van der Waals surface area contributed by atoms with E-state index < -0.39 is 36.6 Å². The van der Waals surface area contributed by atoms with Crippen LogP contribution in [0.15, 0.2) is 0 Å². The van der Waals surface area contributed by atoms with E-state index in [2.05, 4.69) is 5.32 Å². The summed E-state index contributed by atoms with van der Waals surface area (Å²) in [6.07, 6.45) is -4.15. The largest absolute Gasteiger partial charge is 0.481 e. The lowest BCUT2D eigenvalue weighted by atomic mass is 9.90. The van der Waals surface area contributed by atoms with Crippen molar-refractivity contribution in [2.75, 3.05) is 19.6 Å². The first kappa shape index (κ1) is 16.7. The summed E-state index contributed by atoms with van der Waals surface area (Å²) in [7, 11) is 0. The average molecular weight is 270 g/mol. The number of aliphatic carboxylic acids is 1. The van der Waals surface area contributed by atoms with Crippen LogP contribution >= 0.6 is 0 Å². The topological polar surface area (TPSA) is 78.4 Å². The third-order valence-corrected chi connectivity index (χ3v) is 2.26. The second-order valence-electron chi connectivity index (χ2n) is 4.51. The van der Waals surface area contributed by atoms with Gasteiger partial charge in [0.2, 0.25) is 5.91 Å². The zero-order chi connectivity index (χ0) is 14.4. The van der Waals surface area contributed by atoms with Gasteiger partial charge in [-0.2, -0.15) is 13.2 Å². The molecule has 0 saturated heterocycles. The minimum Gasteiger partial charge on any atom is -0.481 e. The number of halogens is 3. The number of carbonyl (C=O) groups excluding carboxylic acids is 1. The van der Waals surface area contributed by atoms with E-state index in [0.29, 0.717) is 0 Å². The van der Waals surface area contributed by atoms with Crippen LogP contribution < -0.4 is 10.6 Å². The lowest BCUT2D eigenvalue weighted by Crippen LogP contribution is -2.39. The lowest BCUT2D eigenvalue weighted by Gasteiger charge is -2.18.